The van der Waals surface area contributed by atoms with Gasteiger partial charge in [0.25, 0.3) is 5.91 Å². The third kappa shape index (κ3) is 3.95. The summed E-state index contributed by atoms with van der Waals surface area (Å²) in [4.78, 5) is 12.2. The highest BCUT2D eigenvalue weighted by atomic mass is 79.9. The van der Waals surface area contributed by atoms with Crippen molar-refractivity contribution < 1.29 is 9.53 Å². The molecule has 3 rings (SSSR count). The molecule has 1 aromatic carbocycles. The van der Waals surface area contributed by atoms with Gasteiger partial charge in [-0.1, -0.05) is 18.9 Å². The van der Waals surface area contributed by atoms with Crippen molar-refractivity contribution in [3.05, 3.63) is 39.4 Å². The van der Waals surface area contributed by atoms with Gasteiger partial charge in [0.15, 0.2) is 6.61 Å². The quantitative estimate of drug-likeness (QED) is 0.739. The minimum absolute atomic E-state index is 0.0585. The molecule has 1 saturated carbocycles. The summed E-state index contributed by atoms with van der Waals surface area (Å²) in [5, 5.41) is 7.23. The zero-order chi connectivity index (χ0) is 16.2. The van der Waals surface area contributed by atoms with Crippen LogP contribution in [0.3, 0.4) is 0 Å². The lowest BCUT2D eigenvalue weighted by atomic mass is 10.2. The van der Waals surface area contributed by atoms with Gasteiger partial charge in [-0.05, 0) is 56.8 Å². The van der Waals surface area contributed by atoms with Gasteiger partial charge in [-0.3, -0.25) is 4.79 Å². The lowest BCUT2D eigenvalue weighted by molar-refractivity contribution is -0.118. The van der Waals surface area contributed by atoms with Crippen LogP contribution >= 0.6 is 31.9 Å². The SMILES string of the molecule is O=C(COc1c(Br)cccc1Br)Nc1ccnn1C1CCCC1. The summed E-state index contributed by atoms with van der Waals surface area (Å²) in [6.45, 7) is -0.0585. The zero-order valence-corrected chi connectivity index (χ0v) is 15.6. The fourth-order valence-electron chi connectivity index (χ4n) is 2.79. The molecule has 1 aliphatic rings. The maximum Gasteiger partial charge on any atom is 0.263 e. The molecule has 5 nitrogen and oxygen atoms in total. The van der Waals surface area contributed by atoms with Crippen LogP contribution in [0.25, 0.3) is 0 Å². The highest BCUT2D eigenvalue weighted by molar-refractivity contribution is 9.11. The number of para-hydroxylation sites is 1. The molecule has 122 valence electrons. The van der Waals surface area contributed by atoms with Crippen molar-refractivity contribution >= 4 is 43.6 Å². The van der Waals surface area contributed by atoms with Crippen molar-refractivity contribution in [1.82, 2.24) is 9.78 Å². The van der Waals surface area contributed by atoms with Crippen LogP contribution in [0.5, 0.6) is 5.75 Å². The molecule has 1 aromatic heterocycles. The number of benzene rings is 1. The second-order valence-electron chi connectivity index (χ2n) is 5.49. The van der Waals surface area contributed by atoms with Gasteiger partial charge in [-0.15, -0.1) is 0 Å². The van der Waals surface area contributed by atoms with Crippen LogP contribution in [0.2, 0.25) is 0 Å². The van der Waals surface area contributed by atoms with Crippen LogP contribution in [0.15, 0.2) is 39.4 Å². The summed E-state index contributed by atoms with van der Waals surface area (Å²) in [6.07, 6.45) is 6.39. The number of nitrogens with one attached hydrogen (secondary N) is 1. The molecule has 2 aromatic rings. The standard InChI is InChI=1S/C16H17Br2N3O2/c17-12-6-3-7-13(18)16(12)23-10-15(22)20-14-8-9-19-21(14)11-4-1-2-5-11/h3,6-9,11H,1-2,4-5,10H2,(H,20,22). The minimum Gasteiger partial charge on any atom is -0.481 e. The molecule has 1 fully saturated rings. The van der Waals surface area contributed by atoms with E-state index in [2.05, 4.69) is 42.3 Å². The normalized spacial score (nSPS) is 14.9. The van der Waals surface area contributed by atoms with E-state index in [4.69, 9.17) is 4.74 Å². The van der Waals surface area contributed by atoms with Crippen molar-refractivity contribution in [2.24, 2.45) is 0 Å². The predicted octanol–water partition coefficient (Wildman–Crippen LogP) is 4.54. The third-order valence-electron chi connectivity index (χ3n) is 3.87. The summed E-state index contributed by atoms with van der Waals surface area (Å²) < 4.78 is 9.13. The van der Waals surface area contributed by atoms with Gasteiger partial charge in [-0.2, -0.15) is 5.10 Å². The second-order valence-corrected chi connectivity index (χ2v) is 7.20. The van der Waals surface area contributed by atoms with Gasteiger partial charge in [0.1, 0.15) is 11.6 Å². The van der Waals surface area contributed by atoms with Crippen LogP contribution in [-0.2, 0) is 4.79 Å². The first-order chi connectivity index (χ1) is 11.1. The number of nitrogens with zero attached hydrogens (tertiary/aromatic N) is 2. The van der Waals surface area contributed by atoms with Gasteiger partial charge in [-0.25, -0.2) is 4.68 Å². The van der Waals surface area contributed by atoms with Crippen molar-refractivity contribution in [3.63, 3.8) is 0 Å². The Morgan fingerprint density at radius 1 is 1.26 bits per heavy atom. The molecule has 0 saturated heterocycles. The molecule has 7 heteroatoms. The highest BCUT2D eigenvalue weighted by Crippen LogP contribution is 2.33. The van der Waals surface area contributed by atoms with Crippen LogP contribution in [0.1, 0.15) is 31.7 Å². The molecule has 0 bridgehead atoms. The molecule has 1 aliphatic carbocycles. The summed E-state index contributed by atoms with van der Waals surface area (Å²) in [5.74, 6) is 1.15. The number of hydrogen-bond acceptors (Lipinski definition) is 3. The summed E-state index contributed by atoms with van der Waals surface area (Å²) in [7, 11) is 0. The van der Waals surface area contributed by atoms with E-state index in [1.165, 1.54) is 12.8 Å². The molecule has 1 N–H and O–H groups in total. The van der Waals surface area contributed by atoms with E-state index in [9.17, 15) is 4.79 Å². The van der Waals surface area contributed by atoms with Gasteiger partial charge >= 0.3 is 0 Å². The fourth-order valence-corrected chi connectivity index (χ4v) is 4.02. The molecule has 0 aliphatic heterocycles. The Balaban J connectivity index is 1.61. The Morgan fingerprint density at radius 3 is 2.65 bits per heavy atom. The smallest absolute Gasteiger partial charge is 0.263 e. The minimum atomic E-state index is -0.201. The molecule has 1 amide bonds. The molecule has 0 radical (unpaired) electrons. The lowest BCUT2D eigenvalue weighted by Gasteiger charge is -2.15. The number of carbonyl (C=O) groups excluding carboxylic acids is 1. The molecule has 0 spiro atoms. The Morgan fingerprint density at radius 2 is 1.96 bits per heavy atom. The fraction of sp³-hybridized carbons (Fsp3) is 0.375. The van der Waals surface area contributed by atoms with Crippen LogP contribution in [0.4, 0.5) is 5.82 Å². The number of hydrogen-bond donors (Lipinski definition) is 1. The zero-order valence-electron chi connectivity index (χ0n) is 12.5. The summed E-state index contributed by atoms with van der Waals surface area (Å²) in [6, 6.07) is 7.84. The first-order valence-electron chi connectivity index (χ1n) is 7.55. The van der Waals surface area contributed by atoms with Crippen molar-refractivity contribution in [2.45, 2.75) is 31.7 Å². The molecule has 0 unspecified atom stereocenters. The largest absolute Gasteiger partial charge is 0.481 e. The first-order valence-corrected chi connectivity index (χ1v) is 9.14. The number of carbonyl (C=O) groups is 1. The van der Waals surface area contributed by atoms with E-state index < -0.39 is 0 Å². The van der Waals surface area contributed by atoms with E-state index in [1.54, 1.807) is 6.20 Å². The van der Waals surface area contributed by atoms with Crippen molar-refractivity contribution in [1.29, 1.82) is 0 Å². The monoisotopic (exact) mass is 441 g/mol. The number of halogens is 2. The molecule has 23 heavy (non-hydrogen) atoms. The van der Waals surface area contributed by atoms with E-state index in [1.807, 2.05) is 28.9 Å². The Bertz CT molecular complexity index is 676. The second kappa shape index (κ2) is 7.49. The predicted molar refractivity (Wildman–Crippen MR) is 95.7 cm³/mol. The summed E-state index contributed by atoms with van der Waals surface area (Å²) >= 11 is 6.83. The first kappa shape index (κ1) is 16.5. The highest BCUT2D eigenvalue weighted by Gasteiger charge is 2.20. The van der Waals surface area contributed by atoms with E-state index >= 15 is 0 Å². The molecule has 1 heterocycles. The maximum absolute atomic E-state index is 12.2. The van der Waals surface area contributed by atoms with Crippen LogP contribution in [-0.4, -0.2) is 22.3 Å². The number of ether oxygens (including phenoxy) is 1. The van der Waals surface area contributed by atoms with E-state index in [-0.39, 0.29) is 12.5 Å². The number of aromatic nitrogens is 2. The average Bonchev–Trinajstić information content (AvgIpc) is 3.17. The Kier molecular flexibility index (Phi) is 5.38. The molecule has 0 atom stereocenters. The molecular formula is C16H17Br2N3O2. The topological polar surface area (TPSA) is 56.1 Å². The third-order valence-corrected chi connectivity index (χ3v) is 5.12. The van der Waals surface area contributed by atoms with Gasteiger partial charge in [0.05, 0.1) is 21.2 Å². The van der Waals surface area contributed by atoms with Crippen molar-refractivity contribution in [2.75, 3.05) is 11.9 Å². The van der Waals surface area contributed by atoms with Crippen LogP contribution < -0.4 is 10.1 Å². The lowest BCUT2D eigenvalue weighted by Crippen LogP contribution is -2.23. The van der Waals surface area contributed by atoms with Gasteiger partial charge in [0, 0.05) is 6.07 Å². The van der Waals surface area contributed by atoms with Gasteiger partial charge < -0.3 is 10.1 Å². The number of rotatable bonds is 5. The van der Waals surface area contributed by atoms with Crippen molar-refractivity contribution in [3.8, 4) is 5.75 Å². The maximum atomic E-state index is 12.2. The molecular weight excluding hydrogens is 426 g/mol. The summed E-state index contributed by atoms with van der Waals surface area (Å²) in [5.41, 5.74) is 0. The number of amides is 1. The average molecular weight is 443 g/mol. The Hall–Kier alpha value is -1.34. The van der Waals surface area contributed by atoms with E-state index in [0.29, 0.717) is 11.8 Å². The van der Waals surface area contributed by atoms with Crippen LogP contribution in [0, 0.1) is 0 Å². The number of anilines is 1. The van der Waals surface area contributed by atoms with E-state index in [0.717, 1.165) is 27.6 Å². The Labute approximate surface area is 151 Å². The van der Waals surface area contributed by atoms with Gasteiger partial charge in [0.2, 0.25) is 0 Å².